The molecule has 2 unspecified atom stereocenters. The molecule has 0 radical (unpaired) electrons. The minimum atomic E-state index is -0.259. The molecule has 5 rings (SSSR count). The molecular weight excluding hydrogens is 897 g/mol. The van der Waals surface area contributed by atoms with Gasteiger partial charge in [0.05, 0.1) is 52.2 Å². The number of esters is 1. The molecule has 9 nitrogen and oxygen atoms in total. The van der Waals surface area contributed by atoms with E-state index in [4.69, 9.17) is 23.7 Å². The van der Waals surface area contributed by atoms with Crippen molar-refractivity contribution in [3.63, 3.8) is 0 Å². The predicted octanol–water partition coefficient (Wildman–Crippen LogP) is 14.6. The second-order valence-electron chi connectivity index (χ2n) is 24.4. The predicted molar refractivity (Wildman–Crippen MR) is 297 cm³/mol. The first-order valence-corrected chi connectivity index (χ1v) is 30.5. The quantitative estimate of drug-likeness (QED) is 0.0371. The Bertz CT molecular complexity index is 1600. The summed E-state index contributed by atoms with van der Waals surface area (Å²) in [5.41, 5.74) is 2.26. The van der Waals surface area contributed by atoms with Crippen LogP contribution in [0.25, 0.3) is 0 Å². The SMILES string of the molecule is CCCCCC=CCC=CCCCCCCCCOCC(CN1CCCC1C)OCCOCCOCCNC(=O)CCC(=O)O[C@H]1CC[C@@]2(C)C(=CC[C@H]3[C@@H]4CC[C@H]([C@H](C)CCCC(C)C)[C@@]4(C)CC[C@@H]32)C1. The van der Waals surface area contributed by atoms with E-state index in [9.17, 15) is 9.59 Å². The van der Waals surface area contributed by atoms with Crippen LogP contribution in [-0.4, -0.2) is 101 Å². The number of amides is 1. The highest BCUT2D eigenvalue weighted by molar-refractivity contribution is 5.81. The standard InChI is InChI=1S/C63H110N2O7/c1-8-9-10-11-12-13-14-15-16-17-18-19-20-21-22-23-41-70-49-55(48-65-40-25-28-52(65)5)71-46-45-69-44-43-68-42-39-64-60(66)33-34-61(67)72-54-35-37-62(6)53(47-54)29-30-56-58-32-31-57(51(4)27-24-26-50(2)3)63(58,7)38-36-59(56)62/h12-13,15-16,29,50-52,54-59H,8-11,14,17-28,30-49H2,1-7H3,(H,64,66)/t51-,52?,54+,55?,56+,57-,58+,59+,62+,63-/m1/s1. The Hall–Kier alpha value is -2.04. The Labute approximate surface area is 441 Å². The molecule has 1 amide bonds. The molecule has 414 valence electrons. The summed E-state index contributed by atoms with van der Waals surface area (Å²) in [6.45, 7) is 23.3. The lowest BCUT2D eigenvalue weighted by atomic mass is 9.47. The van der Waals surface area contributed by atoms with Crippen molar-refractivity contribution in [2.45, 2.75) is 240 Å². The van der Waals surface area contributed by atoms with E-state index in [-0.39, 0.29) is 42.3 Å². The van der Waals surface area contributed by atoms with Crippen molar-refractivity contribution in [3.8, 4) is 0 Å². The average Bonchev–Trinajstić information content (AvgIpc) is 3.94. The van der Waals surface area contributed by atoms with E-state index in [1.54, 1.807) is 0 Å². The summed E-state index contributed by atoms with van der Waals surface area (Å²) >= 11 is 0. The van der Waals surface area contributed by atoms with Gasteiger partial charge in [-0.05, 0) is 156 Å². The van der Waals surface area contributed by atoms with E-state index in [1.807, 2.05) is 0 Å². The van der Waals surface area contributed by atoms with Crippen molar-refractivity contribution in [1.82, 2.24) is 10.2 Å². The van der Waals surface area contributed by atoms with Crippen LogP contribution in [0.4, 0.5) is 0 Å². The monoisotopic (exact) mass is 1010 g/mol. The minimum absolute atomic E-state index is 0.0404. The Morgan fingerprint density at radius 3 is 2.25 bits per heavy atom. The summed E-state index contributed by atoms with van der Waals surface area (Å²) in [6.07, 6.45) is 43.4. The van der Waals surface area contributed by atoms with Crippen LogP contribution in [0.3, 0.4) is 0 Å². The van der Waals surface area contributed by atoms with E-state index in [0.717, 1.165) is 87.3 Å². The number of rotatable bonds is 38. The third-order valence-electron chi connectivity index (χ3n) is 18.6. The number of hydrogen-bond acceptors (Lipinski definition) is 8. The average molecular weight is 1010 g/mol. The molecule has 0 aromatic heterocycles. The van der Waals surface area contributed by atoms with Crippen molar-refractivity contribution in [2.75, 3.05) is 65.9 Å². The summed E-state index contributed by atoms with van der Waals surface area (Å²) in [7, 11) is 0. The second-order valence-corrected chi connectivity index (χ2v) is 24.4. The van der Waals surface area contributed by atoms with Gasteiger partial charge in [0.1, 0.15) is 6.10 Å². The summed E-state index contributed by atoms with van der Waals surface area (Å²) < 4.78 is 30.0. The fourth-order valence-electron chi connectivity index (χ4n) is 14.2. The Kier molecular flexibility index (Phi) is 28.6. The van der Waals surface area contributed by atoms with Gasteiger partial charge in [-0.3, -0.25) is 14.5 Å². The van der Waals surface area contributed by atoms with Gasteiger partial charge in [0, 0.05) is 38.6 Å². The summed E-state index contributed by atoms with van der Waals surface area (Å²) in [6, 6.07) is 0.595. The lowest BCUT2D eigenvalue weighted by Crippen LogP contribution is -2.51. The number of ether oxygens (including phenoxy) is 5. The summed E-state index contributed by atoms with van der Waals surface area (Å²) in [4.78, 5) is 28.1. The second kappa shape index (κ2) is 33.9. The van der Waals surface area contributed by atoms with E-state index in [1.165, 1.54) is 134 Å². The molecule has 10 atom stereocenters. The summed E-state index contributed by atoms with van der Waals surface area (Å²) in [5.74, 6) is 4.51. The topological polar surface area (TPSA) is 95.6 Å². The third kappa shape index (κ3) is 20.5. The zero-order valence-corrected chi connectivity index (χ0v) is 47.6. The van der Waals surface area contributed by atoms with E-state index in [0.29, 0.717) is 57.6 Å². The van der Waals surface area contributed by atoms with Gasteiger partial charge in [-0.15, -0.1) is 0 Å². The van der Waals surface area contributed by atoms with Crippen molar-refractivity contribution in [2.24, 2.45) is 46.3 Å². The molecule has 9 heteroatoms. The molecule has 72 heavy (non-hydrogen) atoms. The van der Waals surface area contributed by atoms with Crippen molar-refractivity contribution in [1.29, 1.82) is 0 Å². The van der Waals surface area contributed by atoms with Gasteiger partial charge >= 0.3 is 5.97 Å². The van der Waals surface area contributed by atoms with Crippen molar-refractivity contribution in [3.05, 3.63) is 36.0 Å². The molecule has 0 spiro atoms. The number of carbonyl (C=O) groups is 2. The molecule has 1 heterocycles. The number of likely N-dealkylation sites (tertiary alicyclic amines) is 1. The van der Waals surface area contributed by atoms with Crippen molar-refractivity contribution < 1.29 is 33.3 Å². The Morgan fingerprint density at radius 1 is 0.764 bits per heavy atom. The molecule has 0 aromatic rings. The van der Waals surface area contributed by atoms with Gasteiger partial charge in [-0.1, -0.05) is 135 Å². The van der Waals surface area contributed by atoms with Crippen LogP contribution in [0.2, 0.25) is 0 Å². The van der Waals surface area contributed by atoms with Gasteiger partial charge in [0.25, 0.3) is 0 Å². The van der Waals surface area contributed by atoms with E-state index < -0.39 is 0 Å². The zero-order valence-electron chi connectivity index (χ0n) is 47.6. The number of nitrogens with one attached hydrogen (secondary N) is 1. The lowest BCUT2D eigenvalue weighted by molar-refractivity contribution is -0.152. The van der Waals surface area contributed by atoms with Crippen LogP contribution in [-0.2, 0) is 33.3 Å². The molecule has 0 aromatic carbocycles. The van der Waals surface area contributed by atoms with Gasteiger partial charge < -0.3 is 29.0 Å². The van der Waals surface area contributed by atoms with Crippen LogP contribution >= 0.6 is 0 Å². The van der Waals surface area contributed by atoms with Crippen LogP contribution < -0.4 is 5.32 Å². The normalized spacial score (nSPS) is 28.3. The van der Waals surface area contributed by atoms with Gasteiger partial charge in [0.2, 0.25) is 5.91 Å². The van der Waals surface area contributed by atoms with Gasteiger partial charge in [0.15, 0.2) is 0 Å². The number of carbonyl (C=O) groups excluding carboxylic acids is 2. The first-order valence-electron chi connectivity index (χ1n) is 30.5. The van der Waals surface area contributed by atoms with Crippen LogP contribution in [0, 0.1) is 46.3 Å². The van der Waals surface area contributed by atoms with Crippen LogP contribution in [0.15, 0.2) is 36.0 Å². The maximum Gasteiger partial charge on any atom is 0.306 e. The molecule has 5 aliphatic rings. The highest BCUT2D eigenvalue weighted by Crippen LogP contribution is 2.67. The lowest BCUT2D eigenvalue weighted by Gasteiger charge is -2.58. The highest BCUT2D eigenvalue weighted by atomic mass is 16.6. The van der Waals surface area contributed by atoms with Gasteiger partial charge in [-0.2, -0.15) is 0 Å². The molecule has 1 aliphatic heterocycles. The number of fused-ring (bicyclic) bond motifs is 5. The maximum atomic E-state index is 13.0. The molecular formula is C63H110N2O7. The molecule has 0 bridgehead atoms. The van der Waals surface area contributed by atoms with E-state index in [2.05, 4.69) is 89.1 Å². The maximum absolute atomic E-state index is 13.0. The molecule has 1 N–H and O–H groups in total. The molecule has 3 saturated carbocycles. The number of allylic oxidation sites excluding steroid dienone is 5. The fourth-order valence-corrected chi connectivity index (χ4v) is 14.2. The zero-order chi connectivity index (χ0) is 51.4. The smallest absolute Gasteiger partial charge is 0.306 e. The Morgan fingerprint density at radius 2 is 1.50 bits per heavy atom. The number of unbranched alkanes of at least 4 members (excludes halogenated alkanes) is 9. The van der Waals surface area contributed by atoms with Crippen LogP contribution in [0.5, 0.6) is 0 Å². The number of nitrogens with zero attached hydrogens (tertiary/aromatic N) is 1. The van der Waals surface area contributed by atoms with E-state index >= 15 is 0 Å². The first-order chi connectivity index (χ1) is 34.9. The first kappa shape index (κ1) is 60.8. The highest BCUT2D eigenvalue weighted by Gasteiger charge is 2.59. The minimum Gasteiger partial charge on any atom is -0.462 e. The largest absolute Gasteiger partial charge is 0.462 e. The Balaban J connectivity index is 0.851. The van der Waals surface area contributed by atoms with Gasteiger partial charge in [-0.25, -0.2) is 0 Å². The molecule has 4 fully saturated rings. The number of hydrogen-bond donors (Lipinski definition) is 1. The summed E-state index contributed by atoms with van der Waals surface area (Å²) in [5, 5.41) is 2.90. The fraction of sp³-hybridized carbons (Fsp3) is 0.873. The molecule has 4 aliphatic carbocycles. The van der Waals surface area contributed by atoms with Crippen molar-refractivity contribution >= 4 is 11.9 Å². The molecule has 1 saturated heterocycles. The van der Waals surface area contributed by atoms with Crippen LogP contribution in [0.1, 0.15) is 222 Å². The third-order valence-corrected chi connectivity index (χ3v) is 18.6.